The largest absolute Gasteiger partial charge is 0.483 e. The molecule has 0 aliphatic carbocycles. The van der Waals surface area contributed by atoms with Crippen molar-refractivity contribution in [1.29, 1.82) is 0 Å². The molecule has 0 atom stereocenters. The zero-order valence-corrected chi connectivity index (χ0v) is 15.9. The van der Waals surface area contributed by atoms with Crippen molar-refractivity contribution in [2.75, 3.05) is 0 Å². The van der Waals surface area contributed by atoms with E-state index in [4.69, 9.17) is 9.90 Å². The Morgan fingerprint density at radius 1 is 0.833 bits per heavy atom. The maximum atomic E-state index is 8.36. The fraction of sp³-hybridized carbons (Fsp3) is 0.933. The van der Waals surface area contributed by atoms with Gasteiger partial charge >= 0.3 is 102 Å². The van der Waals surface area contributed by atoms with Gasteiger partial charge in [-0.1, -0.05) is 0 Å². The summed E-state index contributed by atoms with van der Waals surface area (Å²) in [7, 11) is 0. The SMILES string of the molecule is CCC[CH2][Sn]([CH2]C)([CH2]CCC)[CH2]CCC.O=CO. The van der Waals surface area contributed by atoms with Gasteiger partial charge in [-0.3, -0.25) is 4.79 Å². The number of hydrogen-bond donors (Lipinski definition) is 1. The van der Waals surface area contributed by atoms with E-state index < -0.39 is 18.4 Å². The minimum Gasteiger partial charge on any atom is -0.483 e. The Morgan fingerprint density at radius 2 is 1.11 bits per heavy atom. The molecule has 0 unspecified atom stereocenters. The van der Waals surface area contributed by atoms with Crippen LogP contribution in [0.15, 0.2) is 0 Å². The van der Waals surface area contributed by atoms with Gasteiger partial charge in [-0.05, 0) is 0 Å². The molecule has 0 aliphatic heterocycles. The molecule has 0 bridgehead atoms. The first-order chi connectivity index (χ1) is 8.66. The van der Waals surface area contributed by atoms with E-state index in [2.05, 4.69) is 27.7 Å². The van der Waals surface area contributed by atoms with Crippen molar-refractivity contribution in [2.45, 2.75) is 84.0 Å². The predicted octanol–water partition coefficient (Wildman–Crippen LogP) is 5.56. The number of carbonyl (C=O) groups is 1. The molecule has 0 fully saturated rings. The van der Waals surface area contributed by atoms with Crippen molar-refractivity contribution in [3.63, 3.8) is 0 Å². The minimum atomic E-state index is -1.62. The first-order valence-corrected chi connectivity index (χ1v) is 15.8. The van der Waals surface area contributed by atoms with Crippen molar-refractivity contribution >= 4 is 24.8 Å². The Labute approximate surface area is 118 Å². The molecule has 0 aromatic carbocycles. The van der Waals surface area contributed by atoms with Gasteiger partial charge in [0.05, 0.1) is 0 Å². The van der Waals surface area contributed by atoms with E-state index >= 15 is 0 Å². The Hall–Kier alpha value is 0.269. The maximum absolute atomic E-state index is 8.36. The molecule has 110 valence electrons. The monoisotopic (exact) mass is 366 g/mol. The molecule has 0 saturated heterocycles. The molecule has 0 spiro atoms. The van der Waals surface area contributed by atoms with Crippen LogP contribution in [0.1, 0.15) is 66.2 Å². The summed E-state index contributed by atoms with van der Waals surface area (Å²) in [6.45, 7) is 9.31. The van der Waals surface area contributed by atoms with Gasteiger partial charge in [-0.2, -0.15) is 0 Å². The molecule has 0 aliphatic rings. The Morgan fingerprint density at radius 3 is 1.28 bits per heavy atom. The van der Waals surface area contributed by atoms with Crippen molar-refractivity contribution in [3.05, 3.63) is 0 Å². The van der Waals surface area contributed by atoms with E-state index in [1.807, 2.05) is 0 Å². The predicted molar refractivity (Wildman–Crippen MR) is 84.1 cm³/mol. The number of carboxylic acid groups (broad SMARTS) is 1. The van der Waals surface area contributed by atoms with Crippen LogP contribution in [-0.4, -0.2) is 30.0 Å². The summed E-state index contributed by atoms with van der Waals surface area (Å²) in [5, 5.41) is 6.89. The standard InChI is InChI=1S/3C4H9.C2H5.CH2O2.Sn/c3*1-3-4-2;1-2;2-1-3;/h3*1,3-4H2,2H3;1H2,2H3;1H,(H,2,3);. The maximum Gasteiger partial charge on any atom is 0.290 e. The van der Waals surface area contributed by atoms with E-state index in [9.17, 15) is 0 Å². The van der Waals surface area contributed by atoms with E-state index in [1.165, 1.54) is 38.5 Å². The zero-order valence-electron chi connectivity index (χ0n) is 13.0. The Balaban J connectivity index is 0. The fourth-order valence-corrected chi connectivity index (χ4v) is 17.2. The summed E-state index contributed by atoms with van der Waals surface area (Å²) >= 11 is -1.62. The van der Waals surface area contributed by atoms with Gasteiger partial charge in [0.2, 0.25) is 0 Å². The molecule has 3 heteroatoms. The quantitative estimate of drug-likeness (QED) is 0.407. The molecule has 1 N–H and O–H groups in total. The summed E-state index contributed by atoms with van der Waals surface area (Å²) in [5.41, 5.74) is 0. The van der Waals surface area contributed by atoms with Crippen LogP contribution in [0.3, 0.4) is 0 Å². The molecule has 18 heavy (non-hydrogen) atoms. The van der Waals surface area contributed by atoms with Crippen LogP contribution in [-0.2, 0) is 4.79 Å². The first kappa shape index (κ1) is 20.6. The molecule has 0 aromatic rings. The van der Waals surface area contributed by atoms with Crippen molar-refractivity contribution in [2.24, 2.45) is 0 Å². The van der Waals surface area contributed by atoms with Crippen LogP contribution < -0.4 is 0 Å². The van der Waals surface area contributed by atoms with Gasteiger partial charge in [0.1, 0.15) is 0 Å². The molecule has 0 radical (unpaired) electrons. The molecule has 2 nitrogen and oxygen atoms in total. The summed E-state index contributed by atoms with van der Waals surface area (Å²) in [5.74, 6) is 0. The van der Waals surface area contributed by atoms with E-state index in [1.54, 1.807) is 17.7 Å². The molecule has 0 aromatic heterocycles. The molecule has 0 heterocycles. The summed E-state index contributed by atoms with van der Waals surface area (Å²) in [6.07, 6.45) is 8.82. The Bertz CT molecular complexity index is 150. The van der Waals surface area contributed by atoms with Crippen LogP contribution in [0.4, 0.5) is 0 Å². The van der Waals surface area contributed by atoms with Gasteiger partial charge in [0, 0.05) is 0 Å². The van der Waals surface area contributed by atoms with Crippen molar-refractivity contribution in [3.8, 4) is 0 Å². The van der Waals surface area contributed by atoms with Crippen LogP contribution in [0.5, 0.6) is 0 Å². The van der Waals surface area contributed by atoms with E-state index in [0.29, 0.717) is 0 Å². The second-order valence-electron chi connectivity index (χ2n) is 5.27. The molecular weight excluding hydrogens is 331 g/mol. The van der Waals surface area contributed by atoms with E-state index in [-0.39, 0.29) is 6.47 Å². The minimum absolute atomic E-state index is 0.250. The smallest absolute Gasteiger partial charge is 0.290 e. The average Bonchev–Trinajstić information content (AvgIpc) is 2.39. The average molecular weight is 365 g/mol. The van der Waals surface area contributed by atoms with Crippen molar-refractivity contribution in [1.82, 2.24) is 0 Å². The van der Waals surface area contributed by atoms with Crippen LogP contribution in [0, 0.1) is 0 Å². The van der Waals surface area contributed by atoms with E-state index in [0.717, 1.165) is 0 Å². The summed E-state index contributed by atoms with van der Waals surface area (Å²) < 4.78 is 6.65. The number of unbranched alkanes of at least 4 members (excludes halogenated alkanes) is 3. The fourth-order valence-electron chi connectivity index (χ4n) is 2.56. The second-order valence-corrected chi connectivity index (χ2v) is 20.1. The molecule has 0 saturated carbocycles. The Kier molecular flexibility index (Phi) is 17.5. The van der Waals surface area contributed by atoms with Gasteiger partial charge < -0.3 is 5.11 Å². The first-order valence-electron chi connectivity index (χ1n) is 7.74. The topological polar surface area (TPSA) is 37.3 Å². The summed E-state index contributed by atoms with van der Waals surface area (Å²) in [6, 6.07) is 0. The van der Waals surface area contributed by atoms with Crippen LogP contribution in [0.2, 0.25) is 17.7 Å². The van der Waals surface area contributed by atoms with Crippen LogP contribution >= 0.6 is 0 Å². The third-order valence-corrected chi connectivity index (χ3v) is 20.3. The normalized spacial score (nSPS) is 10.7. The molecular formula is C15H34O2Sn. The zero-order chi connectivity index (χ0) is 14.3. The second kappa shape index (κ2) is 15.3. The van der Waals surface area contributed by atoms with Crippen LogP contribution in [0.25, 0.3) is 0 Å². The number of rotatable bonds is 10. The molecule has 0 amide bonds. The van der Waals surface area contributed by atoms with Gasteiger partial charge in [0.15, 0.2) is 0 Å². The number of hydrogen-bond acceptors (Lipinski definition) is 1. The molecule has 0 rings (SSSR count). The van der Waals surface area contributed by atoms with Gasteiger partial charge in [-0.25, -0.2) is 0 Å². The van der Waals surface area contributed by atoms with Gasteiger partial charge in [-0.15, -0.1) is 0 Å². The summed E-state index contributed by atoms with van der Waals surface area (Å²) in [4.78, 5) is 8.36. The third kappa shape index (κ3) is 11.4. The van der Waals surface area contributed by atoms with Crippen molar-refractivity contribution < 1.29 is 9.90 Å². The van der Waals surface area contributed by atoms with Gasteiger partial charge in [0.25, 0.3) is 6.47 Å². The third-order valence-electron chi connectivity index (χ3n) is 3.93.